The van der Waals surface area contributed by atoms with Gasteiger partial charge >= 0.3 is 0 Å². The lowest BCUT2D eigenvalue weighted by Crippen LogP contribution is -2.32. The Morgan fingerprint density at radius 1 is 1.12 bits per heavy atom. The molecule has 0 spiro atoms. The van der Waals surface area contributed by atoms with Crippen LogP contribution < -0.4 is 10.0 Å². The summed E-state index contributed by atoms with van der Waals surface area (Å²) in [5, 5.41) is 2.91. The third kappa shape index (κ3) is 6.09. The van der Waals surface area contributed by atoms with E-state index in [1.807, 2.05) is 31.2 Å². The maximum absolute atomic E-state index is 12.0. The summed E-state index contributed by atoms with van der Waals surface area (Å²) in [5.41, 5.74) is 1.89. The van der Waals surface area contributed by atoms with Crippen molar-refractivity contribution in [3.63, 3.8) is 0 Å². The van der Waals surface area contributed by atoms with Crippen LogP contribution >= 0.6 is 15.9 Å². The molecule has 0 aromatic heterocycles. The van der Waals surface area contributed by atoms with Crippen LogP contribution in [0.5, 0.6) is 0 Å². The Morgan fingerprint density at radius 3 is 2.31 bits per heavy atom. The number of hydrogen-bond donors (Lipinski definition) is 2. The van der Waals surface area contributed by atoms with Gasteiger partial charge in [0.1, 0.15) is 0 Å². The van der Waals surface area contributed by atoms with Crippen LogP contribution in [0.25, 0.3) is 6.08 Å². The number of carbonyl (C=O) groups excluding carboxylic acids is 1. The Hall–Kier alpha value is -1.96. The lowest BCUT2D eigenvalue weighted by molar-refractivity contribution is -0.117. The molecule has 2 aromatic carbocycles. The van der Waals surface area contributed by atoms with Crippen molar-refractivity contribution in [1.29, 1.82) is 0 Å². The van der Waals surface area contributed by atoms with E-state index in [0.29, 0.717) is 0 Å². The van der Waals surface area contributed by atoms with Crippen molar-refractivity contribution >= 4 is 37.9 Å². The van der Waals surface area contributed by atoms with Gasteiger partial charge in [0, 0.05) is 16.6 Å². The van der Waals surface area contributed by atoms with Gasteiger partial charge in [0.15, 0.2) is 0 Å². The van der Waals surface area contributed by atoms with E-state index in [0.717, 1.165) is 22.0 Å². The molecule has 0 bridgehead atoms. The summed E-state index contributed by atoms with van der Waals surface area (Å²) in [6.45, 7) is 1.95. The van der Waals surface area contributed by atoms with E-state index in [4.69, 9.17) is 0 Å². The van der Waals surface area contributed by atoms with Crippen LogP contribution in [0.2, 0.25) is 0 Å². The van der Waals surface area contributed by atoms with E-state index in [-0.39, 0.29) is 16.8 Å². The molecule has 1 unspecified atom stereocenters. The lowest BCUT2D eigenvalue weighted by Gasteiger charge is -2.12. The Labute approximate surface area is 162 Å². The summed E-state index contributed by atoms with van der Waals surface area (Å²) in [7, 11) is -2.09. The normalized spacial score (nSPS) is 12.9. The van der Waals surface area contributed by atoms with E-state index in [2.05, 4.69) is 26.0 Å². The summed E-state index contributed by atoms with van der Waals surface area (Å²) in [6.07, 6.45) is 3.83. The van der Waals surface area contributed by atoms with Crippen LogP contribution in [-0.4, -0.2) is 27.4 Å². The lowest BCUT2D eigenvalue weighted by atomic mass is 10.1. The Morgan fingerprint density at radius 2 is 1.73 bits per heavy atom. The molecule has 2 N–H and O–H groups in total. The molecule has 2 rings (SSSR count). The van der Waals surface area contributed by atoms with Crippen molar-refractivity contribution in [3.8, 4) is 0 Å². The fraction of sp³-hybridized carbons (Fsp3) is 0.211. The maximum Gasteiger partial charge on any atom is 0.244 e. The minimum Gasteiger partial charge on any atom is -0.350 e. The third-order valence-corrected chi connectivity index (χ3v) is 5.69. The second-order valence-electron chi connectivity index (χ2n) is 5.85. The minimum atomic E-state index is -3.45. The summed E-state index contributed by atoms with van der Waals surface area (Å²) >= 11 is 3.40. The second-order valence-corrected chi connectivity index (χ2v) is 8.65. The molecule has 0 aliphatic heterocycles. The first kappa shape index (κ1) is 20.4. The van der Waals surface area contributed by atoms with Gasteiger partial charge in [-0.2, -0.15) is 0 Å². The zero-order valence-electron chi connectivity index (χ0n) is 14.6. The molecular formula is C19H21BrN2O3S. The van der Waals surface area contributed by atoms with Gasteiger partial charge in [-0.3, -0.25) is 4.79 Å². The van der Waals surface area contributed by atoms with Crippen LogP contribution in [0.15, 0.2) is 64.0 Å². The van der Waals surface area contributed by atoms with Crippen LogP contribution in [0.1, 0.15) is 18.1 Å². The average Bonchev–Trinajstić information content (AvgIpc) is 2.62. The van der Waals surface area contributed by atoms with Gasteiger partial charge in [-0.1, -0.05) is 40.2 Å². The molecule has 1 amide bonds. The summed E-state index contributed by atoms with van der Waals surface area (Å²) in [6, 6.07) is 14.3. The number of benzene rings is 2. The predicted octanol–water partition coefficient (Wildman–Crippen LogP) is 3.12. The number of hydrogen-bond acceptors (Lipinski definition) is 3. The number of carbonyl (C=O) groups is 1. The van der Waals surface area contributed by atoms with Crippen LogP contribution in [-0.2, 0) is 21.2 Å². The highest BCUT2D eigenvalue weighted by Crippen LogP contribution is 2.12. The fourth-order valence-corrected chi connectivity index (χ4v) is 3.36. The molecule has 5 nitrogen and oxygen atoms in total. The first-order valence-corrected chi connectivity index (χ1v) is 10.3. The largest absolute Gasteiger partial charge is 0.350 e. The molecule has 0 aliphatic rings. The van der Waals surface area contributed by atoms with E-state index in [1.165, 1.54) is 25.3 Å². The van der Waals surface area contributed by atoms with Gasteiger partial charge in [-0.05, 0) is 61.9 Å². The Kier molecular flexibility index (Phi) is 7.14. The molecule has 0 aliphatic carbocycles. The second kappa shape index (κ2) is 9.12. The summed E-state index contributed by atoms with van der Waals surface area (Å²) in [5.74, 6) is -0.193. The van der Waals surface area contributed by atoms with Gasteiger partial charge in [-0.25, -0.2) is 13.1 Å². The van der Waals surface area contributed by atoms with Gasteiger partial charge < -0.3 is 5.32 Å². The van der Waals surface area contributed by atoms with Crippen molar-refractivity contribution in [1.82, 2.24) is 10.0 Å². The molecule has 26 heavy (non-hydrogen) atoms. The third-order valence-electron chi connectivity index (χ3n) is 3.73. The number of amides is 1. The topological polar surface area (TPSA) is 75.3 Å². The fourth-order valence-electron chi connectivity index (χ4n) is 2.36. The highest BCUT2D eigenvalue weighted by atomic mass is 79.9. The molecule has 7 heteroatoms. The molecule has 2 aromatic rings. The van der Waals surface area contributed by atoms with Gasteiger partial charge in [0.2, 0.25) is 15.9 Å². The van der Waals surface area contributed by atoms with E-state index < -0.39 is 10.0 Å². The van der Waals surface area contributed by atoms with Crippen molar-refractivity contribution in [2.75, 3.05) is 7.05 Å². The number of rotatable bonds is 7. The minimum absolute atomic E-state index is 0.00327. The predicted molar refractivity (Wildman–Crippen MR) is 107 cm³/mol. The smallest absolute Gasteiger partial charge is 0.244 e. The molecule has 0 heterocycles. The van der Waals surface area contributed by atoms with E-state index >= 15 is 0 Å². The molecule has 0 saturated heterocycles. The van der Waals surface area contributed by atoms with E-state index in [1.54, 1.807) is 18.2 Å². The van der Waals surface area contributed by atoms with Gasteiger partial charge in [-0.15, -0.1) is 0 Å². The zero-order valence-corrected chi connectivity index (χ0v) is 17.0. The van der Waals surface area contributed by atoms with Crippen molar-refractivity contribution in [2.45, 2.75) is 24.3 Å². The Balaban J connectivity index is 1.91. The first-order valence-electron chi connectivity index (χ1n) is 8.07. The molecule has 0 fully saturated rings. The molecule has 1 atom stereocenters. The van der Waals surface area contributed by atoms with E-state index in [9.17, 15) is 13.2 Å². The highest BCUT2D eigenvalue weighted by Gasteiger charge is 2.10. The van der Waals surface area contributed by atoms with Gasteiger partial charge in [0.05, 0.1) is 4.90 Å². The zero-order chi connectivity index (χ0) is 19.2. The van der Waals surface area contributed by atoms with Crippen LogP contribution in [0.3, 0.4) is 0 Å². The standard InChI is InChI=1S/C19H21BrN2O3S/c1-14(13-16-3-8-17(20)9-4-16)22-19(23)12-7-15-5-10-18(11-6-15)26(24,25)21-2/h3-12,14,21H,13H2,1-2H3,(H,22,23). The maximum atomic E-state index is 12.0. The number of halogens is 1. The van der Waals surface area contributed by atoms with Crippen molar-refractivity contribution in [3.05, 3.63) is 70.2 Å². The quantitative estimate of drug-likeness (QED) is 0.654. The SMILES string of the molecule is CNS(=O)(=O)c1ccc(C=CC(=O)NC(C)Cc2ccc(Br)cc2)cc1. The number of nitrogens with one attached hydrogen (secondary N) is 2. The van der Waals surface area contributed by atoms with Crippen LogP contribution in [0, 0.1) is 0 Å². The molecule has 138 valence electrons. The van der Waals surface area contributed by atoms with Gasteiger partial charge in [0.25, 0.3) is 0 Å². The number of sulfonamides is 1. The molecular weight excluding hydrogens is 416 g/mol. The Bertz CT molecular complexity index is 876. The first-order chi connectivity index (χ1) is 12.3. The average molecular weight is 437 g/mol. The van der Waals surface area contributed by atoms with Crippen molar-refractivity contribution in [2.24, 2.45) is 0 Å². The van der Waals surface area contributed by atoms with Crippen molar-refractivity contribution < 1.29 is 13.2 Å². The highest BCUT2D eigenvalue weighted by molar-refractivity contribution is 9.10. The molecule has 0 saturated carbocycles. The molecule has 0 radical (unpaired) electrons. The van der Waals surface area contributed by atoms with Crippen LogP contribution in [0.4, 0.5) is 0 Å². The summed E-state index contributed by atoms with van der Waals surface area (Å²) in [4.78, 5) is 12.2. The summed E-state index contributed by atoms with van der Waals surface area (Å²) < 4.78 is 26.6. The monoisotopic (exact) mass is 436 g/mol.